The molecule has 8 nitrogen and oxygen atoms in total. The zero-order chi connectivity index (χ0) is 22.4. The third-order valence-electron chi connectivity index (χ3n) is 5.37. The van der Waals surface area contributed by atoms with E-state index < -0.39 is 15.9 Å². The summed E-state index contributed by atoms with van der Waals surface area (Å²) < 4.78 is 30.4. The van der Waals surface area contributed by atoms with Crippen molar-refractivity contribution in [3.63, 3.8) is 0 Å². The lowest BCUT2D eigenvalue weighted by Crippen LogP contribution is -2.60. The molecule has 1 atom stereocenters. The SMILES string of the molecule is CNC(=O)C1CN(CCS(=O)(=O)c2ccccc2)CCN1C(=O)c1cccc(OC)c1. The Balaban J connectivity index is 1.71. The number of ether oxygens (including phenoxy) is 1. The molecule has 9 heteroatoms. The number of nitrogens with one attached hydrogen (secondary N) is 1. The molecule has 1 fully saturated rings. The molecule has 0 spiro atoms. The first-order valence-corrected chi connectivity index (χ1v) is 11.7. The van der Waals surface area contributed by atoms with Crippen molar-refractivity contribution >= 4 is 21.7 Å². The fourth-order valence-electron chi connectivity index (χ4n) is 3.59. The van der Waals surface area contributed by atoms with E-state index in [2.05, 4.69) is 5.32 Å². The highest BCUT2D eigenvalue weighted by Gasteiger charge is 2.35. The molecule has 3 rings (SSSR count). The number of benzene rings is 2. The van der Waals surface area contributed by atoms with Crippen LogP contribution >= 0.6 is 0 Å². The molecule has 0 aliphatic carbocycles. The molecule has 1 N–H and O–H groups in total. The number of carbonyl (C=O) groups excluding carboxylic acids is 2. The summed E-state index contributed by atoms with van der Waals surface area (Å²) >= 11 is 0. The first-order chi connectivity index (χ1) is 14.9. The van der Waals surface area contributed by atoms with Crippen molar-refractivity contribution in [1.82, 2.24) is 15.1 Å². The van der Waals surface area contributed by atoms with Gasteiger partial charge in [0.2, 0.25) is 5.91 Å². The fraction of sp³-hybridized carbons (Fsp3) is 0.364. The van der Waals surface area contributed by atoms with Gasteiger partial charge in [0.15, 0.2) is 9.84 Å². The summed E-state index contributed by atoms with van der Waals surface area (Å²) in [4.78, 5) is 29.3. The number of nitrogens with zero attached hydrogens (tertiary/aromatic N) is 2. The smallest absolute Gasteiger partial charge is 0.254 e. The number of carbonyl (C=O) groups is 2. The highest BCUT2D eigenvalue weighted by atomic mass is 32.2. The summed E-state index contributed by atoms with van der Waals surface area (Å²) in [5.74, 6) is -0.0376. The maximum absolute atomic E-state index is 13.1. The summed E-state index contributed by atoms with van der Waals surface area (Å²) in [6, 6.07) is 14.4. The second-order valence-electron chi connectivity index (χ2n) is 7.29. The van der Waals surface area contributed by atoms with Crippen LogP contribution in [0, 0.1) is 0 Å². The van der Waals surface area contributed by atoms with Gasteiger partial charge in [-0.1, -0.05) is 24.3 Å². The summed E-state index contributed by atoms with van der Waals surface area (Å²) in [6.45, 7) is 1.35. The van der Waals surface area contributed by atoms with Gasteiger partial charge in [-0.05, 0) is 30.3 Å². The molecular weight excluding hydrogens is 418 g/mol. The third-order valence-corrected chi connectivity index (χ3v) is 7.08. The summed E-state index contributed by atoms with van der Waals surface area (Å²) in [7, 11) is -0.370. The van der Waals surface area contributed by atoms with Gasteiger partial charge in [0, 0.05) is 38.8 Å². The number of hydrogen-bond donors (Lipinski definition) is 1. The van der Waals surface area contributed by atoms with Crippen LogP contribution in [0.5, 0.6) is 5.75 Å². The molecule has 31 heavy (non-hydrogen) atoms. The average Bonchev–Trinajstić information content (AvgIpc) is 2.82. The Bertz CT molecular complexity index is 1030. The molecule has 0 saturated carbocycles. The largest absolute Gasteiger partial charge is 0.497 e. The molecule has 0 bridgehead atoms. The minimum atomic E-state index is -3.42. The van der Waals surface area contributed by atoms with Gasteiger partial charge in [-0.3, -0.25) is 14.5 Å². The van der Waals surface area contributed by atoms with Gasteiger partial charge in [-0.2, -0.15) is 0 Å². The molecule has 166 valence electrons. The van der Waals surface area contributed by atoms with Crippen LogP contribution in [-0.4, -0.2) is 82.2 Å². The Morgan fingerprint density at radius 2 is 1.84 bits per heavy atom. The summed E-state index contributed by atoms with van der Waals surface area (Å²) in [5.41, 5.74) is 0.438. The van der Waals surface area contributed by atoms with Crippen molar-refractivity contribution in [1.29, 1.82) is 0 Å². The van der Waals surface area contributed by atoms with Crippen LogP contribution < -0.4 is 10.1 Å². The molecule has 1 saturated heterocycles. The number of rotatable bonds is 7. The van der Waals surface area contributed by atoms with Crippen LogP contribution in [0.15, 0.2) is 59.5 Å². The average molecular weight is 446 g/mol. The van der Waals surface area contributed by atoms with Crippen LogP contribution in [-0.2, 0) is 14.6 Å². The standard InChI is InChI=1S/C22H27N3O5S/c1-23-21(26)20-16-24(13-14-31(28,29)19-9-4-3-5-10-19)11-12-25(20)22(27)17-7-6-8-18(15-17)30-2/h3-10,15,20H,11-14,16H2,1-2H3,(H,23,26). The Morgan fingerprint density at radius 3 is 2.52 bits per heavy atom. The number of amides is 2. The number of piperazine rings is 1. The molecule has 0 radical (unpaired) electrons. The van der Waals surface area contributed by atoms with Gasteiger partial charge in [-0.25, -0.2) is 8.42 Å². The van der Waals surface area contributed by atoms with E-state index in [4.69, 9.17) is 4.74 Å². The van der Waals surface area contributed by atoms with Crippen LogP contribution in [0.1, 0.15) is 10.4 Å². The quantitative estimate of drug-likeness (QED) is 0.684. The van der Waals surface area contributed by atoms with Crippen LogP contribution in [0.4, 0.5) is 0 Å². The molecule has 0 aromatic heterocycles. The van der Waals surface area contributed by atoms with Crippen LogP contribution in [0.3, 0.4) is 0 Å². The molecule has 1 heterocycles. The summed E-state index contributed by atoms with van der Waals surface area (Å²) in [5, 5.41) is 2.61. The van der Waals surface area contributed by atoms with E-state index in [1.54, 1.807) is 54.6 Å². The predicted octanol–water partition coefficient (Wildman–Crippen LogP) is 1.04. The summed E-state index contributed by atoms with van der Waals surface area (Å²) in [6.07, 6.45) is 0. The zero-order valence-corrected chi connectivity index (χ0v) is 18.5. The molecule has 2 aromatic rings. The minimum Gasteiger partial charge on any atom is -0.497 e. The first kappa shape index (κ1) is 22.8. The van der Waals surface area contributed by atoms with Gasteiger partial charge in [0.05, 0.1) is 17.8 Å². The van der Waals surface area contributed by atoms with Crippen molar-refractivity contribution in [2.45, 2.75) is 10.9 Å². The molecule has 1 unspecified atom stereocenters. The van der Waals surface area contributed by atoms with Crippen LogP contribution in [0.25, 0.3) is 0 Å². The normalized spacial score (nSPS) is 17.2. The van der Waals surface area contributed by atoms with Gasteiger partial charge in [-0.15, -0.1) is 0 Å². The second kappa shape index (κ2) is 9.93. The van der Waals surface area contributed by atoms with Crippen molar-refractivity contribution in [2.75, 3.05) is 46.1 Å². The number of likely N-dealkylation sites (N-methyl/N-ethyl adjacent to an activating group) is 1. The third kappa shape index (κ3) is 5.42. The predicted molar refractivity (Wildman–Crippen MR) is 117 cm³/mol. The van der Waals surface area contributed by atoms with Crippen molar-refractivity contribution in [2.24, 2.45) is 0 Å². The Labute approximate surface area is 182 Å². The van der Waals surface area contributed by atoms with Gasteiger partial charge >= 0.3 is 0 Å². The van der Waals surface area contributed by atoms with E-state index in [0.29, 0.717) is 24.4 Å². The molecule has 1 aliphatic heterocycles. The first-order valence-electron chi connectivity index (χ1n) is 10.0. The molecule has 1 aliphatic rings. The van der Waals surface area contributed by atoms with E-state index >= 15 is 0 Å². The van der Waals surface area contributed by atoms with Crippen LogP contribution in [0.2, 0.25) is 0 Å². The fourth-order valence-corrected chi connectivity index (χ4v) is 4.90. The van der Waals surface area contributed by atoms with Gasteiger partial charge < -0.3 is 15.0 Å². The van der Waals surface area contributed by atoms with E-state index in [-0.39, 0.29) is 35.6 Å². The molecule has 2 amide bonds. The van der Waals surface area contributed by atoms with E-state index in [1.807, 2.05) is 4.90 Å². The van der Waals surface area contributed by atoms with Gasteiger partial charge in [0.1, 0.15) is 11.8 Å². The van der Waals surface area contributed by atoms with Gasteiger partial charge in [0.25, 0.3) is 5.91 Å². The van der Waals surface area contributed by atoms with E-state index in [9.17, 15) is 18.0 Å². The van der Waals surface area contributed by atoms with E-state index in [0.717, 1.165) is 0 Å². The lowest BCUT2D eigenvalue weighted by molar-refractivity contribution is -0.127. The zero-order valence-electron chi connectivity index (χ0n) is 17.7. The van der Waals surface area contributed by atoms with Crippen molar-refractivity contribution in [3.8, 4) is 5.75 Å². The molecule has 2 aromatic carbocycles. The van der Waals surface area contributed by atoms with Crippen molar-refractivity contribution < 1.29 is 22.7 Å². The number of sulfone groups is 1. The lowest BCUT2D eigenvalue weighted by atomic mass is 10.1. The minimum absolute atomic E-state index is 0.0543. The van der Waals surface area contributed by atoms with Crippen molar-refractivity contribution in [3.05, 3.63) is 60.2 Å². The monoisotopic (exact) mass is 445 g/mol. The van der Waals surface area contributed by atoms with E-state index in [1.165, 1.54) is 19.1 Å². The maximum Gasteiger partial charge on any atom is 0.254 e. The Kier molecular flexibility index (Phi) is 7.29. The second-order valence-corrected chi connectivity index (χ2v) is 9.40. The highest BCUT2D eigenvalue weighted by Crippen LogP contribution is 2.19. The number of hydrogen-bond acceptors (Lipinski definition) is 6. The maximum atomic E-state index is 13.1. The number of methoxy groups -OCH3 is 1. The Morgan fingerprint density at radius 1 is 1.10 bits per heavy atom. The highest BCUT2D eigenvalue weighted by molar-refractivity contribution is 7.91. The Hall–Kier alpha value is -2.91. The lowest BCUT2D eigenvalue weighted by Gasteiger charge is -2.40. The molecular formula is C22H27N3O5S. The topological polar surface area (TPSA) is 96.0 Å².